The normalized spacial score (nSPS) is 10.6. The van der Waals surface area contributed by atoms with E-state index in [0.717, 1.165) is 28.4 Å². The van der Waals surface area contributed by atoms with E-state index in [9.17, 15) is 4.79 Å². The Bertz CT molecular complexity index is 816. The van der Waals surface area contributed by atoms with Crippen LogP contribution >= 0.6 is 11.3 Å². The van der Waals surface area contributed by atoms with Crippen LogP contribution in [0.4, 0.5) is 0 Å². The van der Waals surface area contributed by atoms with E-state index in [0.29, 0.717) is 18.0 Å². The summed E-state index contributed by atoms with van der Waals surface area (Å²) in [5.74, 6) is -0.0359. The van der Waals surface area contributed by atoms with Crippen molar-refractivity contribution in [2.24, 2.45) is 0 Å². The van der Waals surface area contributed by atoms with Gasteiger partial charge in [0.15, 0.2) is 0 Å². The number of carboxylic acid groups (broad SMARTS) is 1. The third kappa shape index (κ3) is 4.89. The number of hydrogen-bond acceptors (Lipinski definition) is 5. The van der Waals surface area contributed by atoms with Gasteiger partial charge in [-0.25, -0.2) is 4.79 Å². The van der Waals surface area contributed by atoms with Crippen molar-refractivity contribution in [3.8, 4) is 16.2 Å². The second kappa shape index (κ2) is 8.41. The van der Waals surface area contributed by atoms with Gasteiger partial charge in [0.1, 0.15) is 17.2 Å². The quantitative estimate of drug-likeness (QED) is 0.604. The number of hydrogen-bond donors (Lipinski definition) is 2. The molecule has 5 nitrogen and oxygen atoms in total. The minimum atomic E-state index is -0.900. The Kier molecular flexibility index (Phi) is 5.77. The molecule has 0 bridgehead atoms. The molecule has 3 rings (SSSR count). The van der Waals surface area contributed by atoms with Crippen molar-refractivity contribution in [2.45, 2.75) is 6.54 Å². The van der Waals surface area contributed by atoms with Crippen molar-refractivity contribution >= 4 is 17.3 Å². The lowest BCUT2D eigenvalue weighted by atomic mass is 10.2. The lowest BCUT2D eigenvalue weighted by Crippen LogP contribution is -2.21. The zero-order chi connectivity index (χ0) is 17.5. The molecule has 0 aliphatic heterocycles. The fraction of sp³-hybridized carbons (Fsp3) is 0.158. The number of aromatic carboxylic acids is 1. The first-order chi connectivity index (χ1) is 12.2. The SMILES string of the molecule is O=C(O)c1ccc(-c2ccc(CNCCOc3ccccc3)nc2)s1. The highest BCUT2D eigenvalue weighted by Gasteiger charge is 2.08. The summed E-state index contributed by atoms with van der Waals surface area (Å²) in [4.78, 5) is 16.6. The number of thiophene rings is 1. The zero-order valence-electron chi connectivity index (χ0n) is 13.5. The van der Waals surface area contributed by atoms with Crippen molar-refractivity contribution < 1.29 is 14.6 Å². The van der Waals surface area contributed by atoms with Gasteiger partial charge in [-0.2, -0.15) is 0 Å². The summed E-state index contributed by atoms with van der Waals surface area (Å²) in [6.45, 7) is 1.98. The Morgan fingerprint density at radius 2 is 1.96 bits per heavy atom. The molecular formula is C19H18N2O3S. The number of pyridine rings is 1. The molecule has 128 valence electrons. The van der Waals surface area contributed by atoms with Gasteiger partial charge in [-0.05, 0) is 30.3 Å². The van der Waals surface area contributed by atoms with Crippen LogP contribution in [0, 0.1) is 0 Å². The number of rotatable bonds is 8. The summed E-state index contributed by atoms with van der Waals surface area (Å²) >= 11 is 1.25. The molecule has 0 aliphatic rings. The maximum absolute atomic E-state index is 10.9. The van der Waals surface area contributed by atoms with Gasteiger partial charge in [-0.1, -0.05) is 24.3 Å². The van der Waals surface area contributed by atoms with Gasteiger partial charge in [0.2, 0.25) is 0 Å². The summed E-state index contributed by atoms with van der Waals surface area (Å²) in [6, 6.07) is 17.0. The largest absolute Gasteiger partial charge is 0.492 e. The molecule has 25 heavy (non-hydrogen) atoms. The maximum Gasteiger partial charge on any atom is 0.345 e. The maximum atomic E-state index is 10.9. The molecule has 0 amide bonds. The molecule has 6 heteroatoms. The topological polar surface area (TPSA) is 71.5 Å². The van der Waals surface area contributed by atoms with E-state index in [2.05, 4.69) is 10.3 Å². The van der Waals surface area contributed by atoms with Gasteiger partial charge >= 0.3 is 5.97 Å². The van der Waals surface area contributed by atoms with Crippen LogP contribution in [0.15, 0.2) is 60.8 Å². The third-order valence-electron chi connectivity index (χ3n) is 3.52. The number of benzene rings is 1. The van der Waals surface area contributed by atoms with Gasteiger partial charge in [0, 0.05) is 29.7 Å². The van der Waals surface area contributed by atoms with Gasteiger partial charge in [-0.3, -0.25) is 4.98 Å². The lowest BCUT2D eigenvalue weighted by molar-refractivity contribution is 0.0702. The Balaban J connectivity index is 1.45. The molecule has 2 heterocycles. The monoisotopic (exact) mass is 354 g/mol. The second-order valence-corrected chi connectivity index (χ2v) is 6.43. The molecule has 2 N–H and O–H groups in total. The molecule has 0 unspecified atom stereocenters. The van der Waals surface area contributed by atoms with Gasteiger partial charge in [-0.15, -0.1) is 11.3 Å². The van der Waals surface area contributed by atoms with Crippen molar-refractivity contribution in [2.75, 3.05) is 13.2 Å². The number of aromatic nitrogens is 1. The van der Waals surface area contributed by atoms with Gasteiger partial charge in [0.05, 0.1) is 5.69 Å². The van der Waals surface area contributed by atoms with E-state index in [1.807, 2.05) is 48.5 Å². The predicted octanol–water partition coefficient (Wildman–Crippen LogP) is 3.68. The van der Waals surface area contributed by atoms with E-state index >= 15 is 0 Å². The molecule has 0 saturated heterocycles. The minimum Gasteiger partial charge on any atom is -0.492 e. The van der Waals surface area contributed by atoms with Crippen LogP contribution in [0.3, 0.4) is 0 Å². The van der Waals surface area contributed by atoms with E-state index in [1.165, 1.54) is 11.3 Å². The average molecular weight is 354 g/mol. The fourth-order valence-electron chi connectivity index (χ4n) is 2.26. The van der Waals surface area contributed by atoms with Crippen LogP contribution in [0.5, 0.6) is 5.75 Å². The average Bonchev–Trinajstić information content (AvgIpc) is 3.13. The highest BCUT2D eigenvalue weighted by molar-refractivity contribution is 7.17. The molecule has 0 spiro atoms. The van der Waals surface area contributed by atoms with Crippen LogP contribution in [0.2, 0.25) is 0 Å². The minimum absolute atomic E-state index is 0.333. The Hall–Kier alpha value is -2.70. The first-order valence-corrected chi connectivity index (χ1v) is 8.71. The number of carboxylic acids is 1. The van der Waals surface area contributed by atoms with Crippen LogP contribution in [0.25, 0.3) is 10.4 Å². The highest BCUT2D eigenvalue weighted by atomic mass is 32.1. The molecule has 0 radical (unpaired) electrons. The molecule has 0 atom stereocenters. The Morgan fingerprint density at radius 3 is 2.64 bits per heavy atom. The number of nitrogens with zero attached hydrogens (tertiary/aromatic N) is 1. The van der Waals surface area contributed by atoms with Crippen molar-refractivity contribution in [3.05, 3.63) is 71.4 Å². The summed E-state index contributed by atoms with van der Waals surface area (Å²) < 4.78 is 5.61. The van der Waals surface area contributed by atoms with Crippen LogP contribution < -0.4 is 10.1 Å². The first kappa shape index (κ1) is 17.1. The first-order valence-electron chi connectivity index (χ1n) is 7.89. The zero-order valence-corrected chi connectivity index (χ0v) is 14.3. The van der Waals surface area contributed by atoms with Crippen molar-refractivity contribution in [1.82, 2.24) is 10.3 Å². The molecule has 2 aromatic heterocycles. The number of nitrogens with one attached hydrogen (secondary N) is 1. The van der Waals surface area contributed by atoms with Crippen LogP contribution in [-0.2, 0) is 6.54 Å². The van der Waals surface area contributed by atoms with Gasteiger partial charge < -0.3 is 15.2 Å². The standard InChI is InChI=1S/C19H18N2O3S/c22-19(23)18-9-8-17(25-18)14-6-7-15(21-12-14)13-20-10-11-24-16-4-2-1-3-5-16/h1-9,12,20H,10-11,13H2,(H,22,23). The summed E-state index contributed by atoms with van der Waals surface area (Å²) in [5.41, 5.74) is 1.85. The molecule has 0 fully saturated rings. The van der Waals surface area contributed by atoms with Crippen molar-refractivity contribution in [3.63, 3.8) is 0 Å². The molecule has 0 aliphatic carbocycles. The summed E-state index contributed by atoms with van der Waals surface area (Å²) in [6.07, 6.45) is 1.77. The Morgan fingerprint density at radius 1 is 1.12 bits per heavy atom. The van der Waals surface area contributed by atoms with E-state index < -0.39 is 5.97 Å². The molecule has 3 aromatic rings. The molecular weight excluding hydrogens is 336 g/mol. The second-order valence-electron chi connectivity index (χ2n) is 5.35. The van der Waals surface area contributed by atoms with E-state index in [4.69, 9.17) is 9.84 Å². The molecule has 1 aromatic carbocycles. The summed E-state index contributed by atoms with van der Waals surface area (Å²) in [7, 11) is 0. The third-order valence-corrected chi connectivity index (χ3v) is 4.65. The number of para-hydroxylation sites is 1. The smallest absolute Gasteiger partial charge is 0.345 e. The van der Waals surface area contributed by atoms with Crippen LogP contribution in [0.1, 0.15) is 15.4 Å². The van der Waals surface area contributed by atoms with Crippen molar-refractivity contribution in [1.29, 1.82) is 0 Å². The van der Waals surface area contributed by atoms with E-state index in [1.54, 1.807) is 12.3 Å². The lowest BCUT2D eigenvalue weighted by Gasteiger charge is -2.07. The fourth-order valence-corrected chi connectivity index (χ4v) is 3.09. The van der Waals surface area contributed by atoms with E-state index in [-0.39, 0.29) is 0 Å². The van der Waals surface area contributed by atoms with Crippen LogP contribution in [-0.4, -0.2) is 29.2 Å². The number of ether oxygens (including phenoxy) is 1. The van der Waals surface area contributed by atoms with Gasteiger partial charge in [0.25, 0.3) is 0 Å². The Labute approximate surface area is 149 Å². The molecule has 0 saturated carbocycles. The highest BCUT2D eigenvalue weighted by Crippen LogP contribution is 2.27. The number of carbonyl (C=O) groups is 1. The summed E-state index contributed by atoms with van der Waals surface area (Å²) in [5, 5.41) is 12.3. The predicted molar refractivity (Wildman–Crippen MR) is 98.2 cm³/mol.